The van der Waals surface area contributed by atoms with Gasteiger partial charge < -0.3 is 5.32 Å². The van der Waals surface area contributed by atoms with Crippen LogP contribution in [-0.2, 0) is 0 Å². The average molecular weight is 185 g/mol. The van der Waals surface area contributed by atoms with Gasteiger partial charge in [-0.1, -0.05) is 0 Å². The molecule has 5 heteroatoms. The first-order valence-electron chi connectivity index (χ1n) is 3.34. The lowest BCUT2D eigenvalue weighted by molar-refractivity contribution is -0.154. The third kappa shape index (κ3) is 1.49. The molecule has 0 aromatic heterocycles. The SMILES string of the molecule is CSC1(C(F)(F)F)CCNC1. The van der Waals surface area contributed by atoms with E-state index in [9.17, 15) is 13.2 Å². The topological polar surface area (TPSA) is 12.0 Å². The molecule has 1 N–H and O–H groups in total. The second-order valence-electron chi connectivity index (χ2n) is 2.62. The van der Waals surface area contributed by atoms with Crippen LogP contribution >= 0.6 is 11.8 Å². The Labute approximate surface area is 67.7 Å². The molecule has 0 amide bonds. The van der Waals surface area contributed by atoms with Crippen molar-refractivity contribution in [3.05, 3.63) is 0 Å². The van der Waals surface area contributed by atoms with Gasteiger partial charge in [0.05, 0.1) is 0 Å². The Balaban J connectivity index is 2.75. The molecular weight excluding hydrogens is 175 g/mol. The molecule has 1 atom stereocenters. The molecular formula is C6H10F3NS. The summed E-state index contributed by atoms with van der Waals surface area (Å²) in [5.41, 5.74) is 0. The maximum atomic E-state index is 12.4. The summed E-state index contributed by atoms with van der Waals surface area (Å²) in [5.74, 6) is 0. The van der Waals surface area contributed by atoms with Gasteiger partial charge in [0.15, 0.2) is 0 Å². The van der Waals surface area contributed by atoms with Crippen molar-refractivity contribution in [1.29, 1.82) is 0 Å². The van der Waals surface area contributed by atoms with Crippen LogP contribution in [0.15, 0.2) is 0 Å². The zero-order chi connectivity index (χ0) is 8.54. The molecule has 0 saturated carbocycles. The van der Waals surface area contributed by atoms with E-state index in [2.05, 4.69) is 5.32 Å². The second-order valence-corrected chi connectivity index (χ2v) is 3.81. The summed E-state index contributed by atoms with van der Waals surface area (Å²) in [7, 11) is 0. The highest BCUT2D eigenvalue weighted by Crippen LogP contribution is 2.44. The summed E-state index contributed by atoms with van der Waals surface area (Å²) in [4.78, 5) is 0. The molecule has 1 aliphatic heterocycles. The molecule has 0 spiro atoms. The predicted octanol–water partition coefficient (Wildman–Crippen LogP) is 1.64. The number of rotatable bonds is 1. The summed E-state index contributed by atoms with van der Waals surface area (Å²) in [6.07, 6.45) is -2.37. The summed E-state index contributed by atoms with van der Waals surface area (Å²) in [6.45, 7) is 0.526. The normalized spacial score (nSPS) is 32.7. The fourth-order valence-corrected chi connectivity index (χ4v) is 1.98. The highest BCUT2D eigenvalue weighted by atomic mass is 32.2. The van der Waals surface area contributed by atoms with Gasteiger partial charge in [0, 0.05) is 6.54 Å². The van der Waals surface area contributed by atoms with E-state index in [0.29, 0.717) is 6.54 Å². The lowest BCUT2D eigenvalue weighted by Gasteiger charge is -2.28. The number of thioether (sulfide) groups is 1. The van der Waals surface area contributed by atoms with Crippen molar-refractivity contribution in [1.82, 2.24) is 5.32 Å². The van der Waals surface area contributed by atoms with Crippen LogP contribution in [-0.4, -0.2) is 30.3 Å². The van der Waals surface area contributed by atoms with E-state index in [-0.39, 0.29) is 13.0 Å². The Morgan fingerprint density at radius 2 is 2.09 bits per heavy atom. The fourth-order valence-electron chi connectivity index (χ4n) is 1.20. The third-order valence-corrected chi connectivity index (χ3v) is 3.38. The van der Waals surface area contributed by atoms with Crippen LogP contribution in [0.5, 0.6) is 0 Å². The Morgan fingerprint density at radius 3 is 2.27 bits per heavy atom. The van der Waals surface area contributed by atoms with Crippen molar-refractivity contribution in [2.24, 2.45) is 0 Å². The first kappa shape index (κ1) is 9.19. The molecule has 1 rings (SSSR count). The van der Waals surface area contributed by atoms with Gasteiger partial charge in [0.1, 0.15) is 4.75 Å². The summed E-state index contributed by atoms with van der Waals surface area (Å²) in [5, 5.41) is 2.73. The standard InChI is InChI=1S/C6H10F3NS/c1-11-5(6(7,8)9)2-3-10-4-5/h10H,2-4H2,1H3. The highest BCUT2D eigenvalue weighted by molar-refractivity contribution is 8.00. The van der Waals surface area contributed by atoms with Gasteiger partial charge >= 0.3 is 6.18 Å². The highest BCUT2D eigenvalue weighted by Gasteiger charge is 2.55. The minimum Gasteiger partial charge on any atom is -0.315 e. The van der Waals surface area contributed by atoms with E-state index in [4.69, 9.17) is 0 Å². The molecule has 0 aromatic rings. The summed E-state index contributed by atoms with van der Waals surface area (Å²) < 4.78 is 35.5. The zero-order valence-electron chi connectivity index (χ0n) is 6.16. The molecule has 11 heavy (non-hydrogen) atoms. The summed E-state index contributed by atoms with van der Waals surface area (Å²) >= 11 is 0.899. The van der Waals surface area contributed by atoms with Crippen molar-refractivity contribution in [3.8, 4) is 0 Å². The van der Waals surface area contributed by atoms with Crippen LogP contribution in [0.4, 0.5) is 13.2 Å². The minimum absolute atomic E-state index is 0.0532. The van der Waals surface area contributed by atoms with Crippen LogP contribution < -0.4 is 5.32 Å². The molecule has 1 saturated heterocycles. The average Bonchev–Trinajstić information content (AvgIpc) is 2.33. The summed E-state index contributed by atoms with van der Waals surface area (Å²) in [6, 6.07) is 0. The monoisotopic (exact) mass is 185 g/mol. The van der Waals surface area contributed by atoms with Crippen LogP contribution in [0.2, 0.25) is 0 Å². The molecule has 1 aliphatic rings. The molecule has 1 fully saturated rings. The van der Waals surface area contributed by atoms with Crippen molar-refractivity contribution in [2.45, 2.75) is 17.3 Å². The smallest absolute Gasteiger partial charge is 0.315 e. The van der Waals surface area contributed by atoms with E-state index in [0.717, 1.165) is 11.8 Å². The third-order valence-electron chi connectivity index (χ3n) is 2.02. The fraction of sp³-hybridized carbons (Fsp3) is 1.00. The minimum atomic E-state index is -4.07. The Bertz CT molecular complexity index is 139. The zero-order valence-corrected chi connectivity index (χ0v) is 6.98. The van der Waals surface area contributed by atoms with Crippen molar-refractivity contribution >= 4 is 11.8 Å². The molecule has 1 unspecified atom stereocenters. The number of hydrogen-bond donors (Lipinski definition) is 1. The van der Waals surface area contributed by atoms with E-state index in [1.807, 2.05) is 0 Å². The van der Waals surface area contributed by atoms with Crippen molar-refractivity contribution in [3.63, 3.8) is 0 Å². The van der Waals surface area contributed by atoms with Crippen LogP contribution in [0.25, 0.3) is 0 Å². The second kappa shape index (κ2) is 2.86. The van der Waals surface area contributed by atoms with E-state index < -0.39 is 10.9 Å². The molecule has 0 bridgehead atoms. The van der Waals surface area contributed by atoms with Gasteiger partial charge in [0.25, 0.3) is 0 Å². The molecule has 66 valence electrons. The number of hydrogen-bond acceptors (Lipinski definition) is 2. The first-order valence-corrected chi connectivity index (χ1v) is 4.57. The Kier molecular flexibility index (Phi) is 2.39. The maximum absolute atomic E-state index is 12.4. The lowest BCUT2D eigenvalue weighted by atomic mass is 10.1. The lowest BCUT2D eigenvalue weighted by Crippen LogP contribution is -2.43. The van der Waals surface area contributed by atoms with Gasteiger partial charge in [-0.15, -0.1) is 11.8 Å². The quantitative estimate of drug-likeness (QED) is 0.666. The van der Waals surface area contributed by atoms with Gasteiger partial charge in [-0.2, -0.15) is 13.2 Å². The van der Waals surface area contributed by atoms with Gasteiger partial charge in [0.2, 0.25) is 0 Å². The van der Waals surface area contributed by atoms with Crippen LogP contribution in [0, 0.1) is 0 Å². The molecule has 0 radical (unpaired) electrons. The van der Waals surface area contributed by atoms with E-state index in [1.165, 1.54) is 6.26 Å². The van der Waals surface area contributed by atoms with Gasteiger partial charge in [-0.3, -0.25) is 0 Å². The molecule has 1 heterocycles. The largest absolute Gasteiger partial charge is 0.404 e. The van der Waals surface area contributed by atoms with Crippen LogP contribution in [0.1, 0.15) is 6.42 Å². The van der Waals surface area contributed by atoms with Crippen molar-refractivity contribution < 1.29 is 13.2 Å². The Hall–Kier alpha value is 0.1000. The molecule has 0 aliphatic carbocycles. The molecule has 1 nitrogen and oxygen atoms in total. The predicted molar refractivity (Wildman–Crippen MR) is 39.8 cm³/mol. The Morgan fingerprint density at radius 1 is 1.45 bits per heavy atom. The number of alkyl halides is 3. The van der Waals surface area contributed by atoms with E-state index in [1.54, 1.807) is 0 Å². The van der Waals surface area contributed by atoms with Crippen LogP contribution in [0.3, 0.4) is 0 Å². The maximum Gasteiger partial charge on any atom is 0.404 e. The van der Waals surface area contributed by atoms with Crippen molar-refractivity contribution in [2.75, 3.05) is 19.3 Å². The first-order chi connectivity index (χ1) is 5.02. The van der Waals surface area contributed by atoms with Gasteiger partial charge in [-0.05, 0) is 19.2 Å². The molecule has 0 aromatic carbocycles. The van der Waals surface area contributed by atoms with E-state index >= 15 is 0 Å². The number of nitrogens with one attached hydrogen (secondary N) is 1. The number of halogens is 3. The van der Waals surface area contributed by atoms with Gasteiger partial charge in [-0.25, -0.2) is 0 Å².